The zero-order valence-corrected chi connectivity index (χ0v) is 18.1. The Morgan fingerprint density at radius 1 is 1.37 bits per heavy atom. The number of rotatable bonds is 8. The summed E-state index contributed by atoms with van der Waals surface area (Å²) in [4.78, 5) is 4.14. The minimum atomic E-state index is -4.75. The lowest BCUT2D eigenvalue weighted by molar-refractivity contribution is -0.0895. The average molecular weight is 448 g/mol. The van der Waals surface area contributed by atoms with Gasteiger partial charge in [0.2, 0.25) is 0 Å². The van der Waals surface area contributed by atoms with Crippen LogP contribution in [0, 0.1) is 4.78 Å². The van der Waals surface area contributed by atoms with Crippen LogP contribution in [0.5, 0.6) is 0 Å². The first-order valence-corrected chi connectivity index (χ1v) is 10.7. The highest BCUT2D eigenvalue weighted by Gasteiger charge is 2.36. The first-order chi connectivity index (χ1) is 13.6. The molecule has 0 saturated carbocycles. The molecule has 30 heavy (non-hydrogen) atoms. The van der Waals surface area contributed by atoms with Crippen LogP contribution in [0.4, 0.5) is 18.9 Å². The van der Waals surface area contributed by atoms with Crippen molar-refractivity contribution in [1.82, 2.24) is 5.32 Å². The molecular formula is C19H28F3N5O2S. The van der Waals surface area contributed by atoms with Gasteiger partial charge in [0.25, 0.3) is 0 Å². The molecule has 11 heteroatoms. The Kier molecular flexibility index (Phi) is 8.09. The maximum Gasteiger partial charge on any atom is 0.419 e. The second-order valence-electron chi connectivity index (χ2n) is 7.09. The van der Waals surface area contributed by atoms with Crippen molar-refractivity contribution in [2.45, 2.75) is 50.4 Å². The van der Waals surface area contributed by atoms with Crippen LogP contribution < -0.4 is 16.4 Å². The second kappa shape index (κ2) is 9.52. The van der Waals surface area contributed by atoms with Gasteiger partial charge in [0.15, 0.2) is 5.96 Å². The Labute approximate surface area is 174 Å². The SMILES string of the molecule is C=C/C(=C(\N=C(N)Nc1ccc(S(=N)(=O)CC)cc1)N[C@H](C)C(C)(C)O)C(F)(F)F. The fourth-order valence-corrected chi connectivity index (χ4v) is 3.03. The van der Waals surface area contributed by atoms with E-state index in [1.54, 1.807) is 6.92 Å². The number of nitrogens with two attached hydrogens (primary N) is 1. The molecule has 0 aliphatic carbocycles. The highest BCUT2D eigenvalue weighted by Crippen LogP contribution is 2.29. The van der Waals surface area contributed by atoms with E-state index in [0.29, 0.717) is 16.7 Å². The van der Waals surface area contributed by atoms with Crippen molar-refractivity contribution < 1.29 is 22.5 Å². The van der Waals surface area contributed by atoms with Crippen LogP contribution in [0.2, 0.25) is 0 Å². The third kappa shape index (κ3) is 7.06. The van der Waals surface area contributed by atoms with Crippen molar-refractivity contribution in [3.8, 4) is 0 Å². The Morgan fingerprint density at radius 3 is 2.30 bits per heavy atom. The monoisotopic (exact) mass is 447 g/mol. The number of anilines is 1. The summed E-state index contributed by atoms with van der Waals surface area (Å²) in [5.74, 6) is -0.794. The maximum absolute atomic E-state index is 13.4. The number of aliphatic imine (C=N–C) groups is 1. The van der Waals surface area contributed by atoms with E-state index in [2.05, 4.69) is 22.2 Å². The molecule has 0 saturated heterocycles. The minimum Gasteiger partial charge on any atom is -0.388 e. The molecule has 0 aromatic heterocycles. The predicted molar refractivity (Wildman–Crippen MR) is 114 cm³/mol. The number of aliphatic hydroxyl groups is 1. The average Bonchev–Trinajstić information content (AvgIpc) is 2.60. The lowest BCUT2D eigenvalue weighted by Gasteiger charge is -2.28. The minimum absolute atomic E-state index is 0.157. The van der Waals surface area contributed by atoms with Gasteiger partial charge in [-0.05, 0) is 45.0 Å². The van der Waals surface area contributed by atoms with Crippen molar-refractivity contribution >= 4 is 21.4 Å². The molecule has 0 heterocycles. The van der Waals surface area contributed by atoms with E-state index in [-0.39, 0.29) is 11.7 Å². The molecule has 0 radical (unpaired) electrons. The summed E-state index contributed by atoms with van der Waals surface area (Å²) in [6.07, 6.45) is -4.13. The van der Waals surface area contributed by atoms with Gasteiger partial charge in [-0.3, -0.25) is 0 Å². The molecule has 1 unspecified atom stereocenters. The van der Waals surface area contributed by atoms with Crippen LogP contribution in [-0.2, 0) is 9.73 Å². The molecular weight excluding hydrogens is 419 g/mol. The number of hydrogen-bond acceptors (Lipinski definition) is 5. The van der Waals surface area contributed by atoms with Gasteiger partial charge in [-0.15, -0.1) is 0 Å². The number of alkyl halides is 3. The van der Waals surface area contributed by atoms with E-state index in [4.69, 9.17) is 10.5 Å². The smallest absolute Gasteiger partial charge is 0.388 e. The summed E-state index contributed by atoms with van der Waals surface area (Å²) in [5.41, 5.74) is 3.69. The normalized spacial score (nSPS) is 16.9. The first kappa shape index (κ1) is 25.5. The standard InChI is InChI=1S/C19H28F3N5O2S/c1-6-15(19(20,21)22)16(25-12(3)18(4,5)28)27-17(23)26-13-8-10-14(11-9-13)30(24,29)7-2/h6,8-12,24-25,28H,1,7H2,2-5H3,(H3,23,26,27)/b16-15+/t12-,30?/m1/s1. The van der Waals surface area contributed by atoms with Crippen molar-refractivity contribution in [1.29, 1.82) is 4.78 Å². The second-order valence-corrected chi connectivity index (χ2v) is 9.49. The highest BCUT2D eigenvalue weighted by molar-refractivity contribution is 7.92. The summed E-state index contributed by atoms with van der Waals surface area (Å²) in [5, 5.41) is 15.2. The van der Waals surface area contributed by atoms with Crippen molar-refractivity contribution in [3.05, 3.63) is 48.3 Å². The van der Waals surface area contributed by atoms with Gasteiger partial charge in [-0.2, -0.15) is 18.2 Å². The molecule has 1 aromatic rings. The van der Waals surface area contributed by atoms with Gasteiger partial charge in [0.05, 0.1) is 26.9 Å². The number of nitrogens with zero attached hydrogens (tertiary/aromatic N) is 1. The predicted octanol–water partition coefficient (Wildman–Crippen LogP) is 3.55. The Hall–Kier alpha value is -2.53. The van der Waals surface area contributed by atoms with Gasteiger partial charge >= 0.3 is 6.18 Å². The largest absolute Gasteiger partial charge is 0.419 e. The fraction of sp³-hybridized carbons (Fsp3) is 0.421. The summed E-state index contributed by atoms with van der Waals surface area (Å²) in [6.45, 7) is 9.22. The third-order valence-electron chi connectivity index (χ3n) is 4.32. The molecule has 1 aromatic carbocycles. The molecule has 168 valence electrons. The Morgan fingerprint density at radius 2 is 1.90 bits per heavy atom. The van der Waals surface area contributed by atoms with E-state index in [1.165, 1.54) is 45.0 Å². The van der Waals surface area contributed by atoms with Gasteiger partial charge in [-0.1, -0.05) is 19.6 Å². The lowest BCUT2D eigenvalue weighted by atomic mass is 10.0. The quantitative estimate of drug-likeness (QED) is 0.237. The molecule has 0 aliphatic rings. The van der Waals surface area contributed by atoms with Crippen molar-refractivity contribution in [2.75, 3.05) is 11.1 Å². The van der Waals surface area contributed by atoms with Crippen LogP contribution in [-0.4, -0.2) is 38.8 Å². The van der Waals surface area contributed by atoms with Gasteiger partial charge in [0, 0.05) is 16.3 Å². The van der Waals surface area contributed by atoms with Crippen molar-refractivity contribution in [2.24, 2.45) is 10.7 Å². The highest BCUT2D eigenvalue weighted by atomic mass is 32.2. The van der Waals surface area contributed by atoms with Crippen LogP contribution in [0.1, 0.15) is 27.7 Å². The number of guanidine groups is 1. The molecule has 0 bridgehead atoms. The van der Waals surface area contributed by atoms with Gasteiger partial charge < -0.3 is 21.5 Å². The fourth-order valence-electron chi connectivity index (χ4n) is 2.12. The van der Waals surface area contributed by atoms with Gasteiger partial charge in [0.1, 0.15) is 5.82 Å². The zero-order valence-electron chi connectivity index (χ0n) is 17.3. The Balaban J connectivity index is 3.26. The topological polar surface area (TPSA) is 124 Å². The Bertz CT molecular complexity index is 915. The van der Waals surface area contributed by atoms with E-state index < -0.39 is 38.9 Å². The van der Waals surface area contributed by atoms with Gasteiger partial charge in [-0.25, -0.2) is 8.99 Å². The molecule has 0 aliphatic heterocycles. The number of halogens is 3. The van der Waals surface area contributed by atoms with E-state index >= 15 is 0 Å². The van der Waals surface area contributed by atoms with Crippen LogP contribution >= 0.6 is 0 Å². The van der Waals surface area contributed by atoms with E-state index in [9.17, 15) is 22.5 Å². The molecule has 0 fully saturated rings. The number of benzene rings is 1. The van der Waals surface area contributed by atoms with E-state index in [0.717, 1.165) is 0 Å². The summed E-state index contributed by atoms with van der Waals surface area (Å²) >= 11 is 0. The number of hydrogen-bond donors (Lipinski definition) is 5. The molecule has 0 amide bonds. The molecule has 2 atom stereocenters. The zero-order chi connectivity index (χ0) is 23.3. The number of nitrogens with one attached hydrogen (secondary N) is 3. The number of allylic oxidation sites excluding steroid dienone is 2. The maximum atomic E-state index is 13.4. The summed E-state index contributed by atoms with van der Waals surface area (Å²) < 4.78 is 60.0. The van der Waals surface area contributed by atoms with Crippen molar-refractivity contribution in [3.63, 3.8) is 0 Å². The molecule has 1 rings (SSSR count). The molecule has 6 N–H and O–H groups in total. The van der Waals surface area contributed by atoms with E-state index in [1.807, 2.05) is 0 Å². The first-order valence-electron chi connectivity index (χ1n) is 9.02. The lowest BCUT2D eigenvalue weighted by Crippen LogP contribution is -2.45. The summed E-state index contributed by atoms with van der Waals surface area (Å²) in [6, 6.07) is 5.15. The van der Waals surface area contributed by atoms with Crippen LogP contribution in [0.25, 0.3) is 0 Å². The van der Waals surface area contributed by atoms with Crippen LogP contribution in [0.15, 0.2) is 58.2 Å². The summed E-state index contributed by atoms with van der Waals surface area (Å²) in [7, 11) is -2.89. The third-order valence-corrected chi connectivity index (χ3v) is 6.17. The van der Waals surface area contributed by atoms with Crippen LogP contribution in [0.3, 0.4) is 0 Å². The molecule has 0 spiro atoms. The molecule has 7 nitrogen and oxygen atoms in total.